The Hall–Kier alpha value is -2.63. The molecular weight excluding hydrogens is 270 g/mol. The van der Waals surface area contributed by atoms with Crippen LogP contribution in [0.2, 0.25) is 0 Å². The van der Waals surface area contributed by atoms with Crippen LogP contribution >= 0.6 is 0 Å². The molecule has 6 heteroatoms. The van der Waals surface area contributed by atoms with Gasteiger partial charge in [-0.05, 0) is 12.5 Å². The van der Waals surface area contributed by atoms with Gasteiger partial charge in [0, 0.05) is 6.07 Å². The first-order chi connectivity index (χ1) is 10.2. The average molecular weight is 285 g/mol. The summed E-state index contributed by atoms with van der Waals surface area (Å²) in [5.74, 6) is -0.316. The lowest BCUT2D eigenvalue weighted by molar-refractivity contribution is -0.149. The number of nitrogens with one attached hydrogen (secondary N) is 1. The van der Waals surface area contributed by atoms with Gasteiger partial charge in [0.2, 0.25) is 5.91 Å². The van der Waals surface area contributed by atoms with Crippen LogP contribution in [0.15, 0.2) is 47.2 Å². The van der Waals surface area contributed by atoms with E-state index in [-0.39, 0.29) is 18.4 Å². The Labute approximate surface area is 121 Å². The monoisotopic (exact) mass is 285 g/mol. The van der Waals surface area contributed by atoms with E-state index >= 15 is 0 Å². The smallest absolute Gasteiger partial charge is 0.250 e. The zero-order chi connectivity index (χ0) is 14.8. The molecule has 0 saturated carbocycles. The molecule has 2 aromatic rings. The largest absolute Gasteiger partial charge is 0.364 e. The maximum absolute atomic E-state index is 12.7. The number of hydrogen-bond acceptors (Lipinski definition) is 4. The second-order valence-corrected chi connectivity index (χ2v) is 4.99. The van der Waals surface area contributed by atoms with Crippen molar-refractivity contribution in [2.75, 3.05) is 0 Å². The van der Waals surface area contributed by atoms with E-state index < -0.39 is 12.1 Å². The summed E-state index contributed by atoms with van der Waals surface area (Å²) in [4.78, 5) is 26.3. The van der Waals surface area contributed by atoms with Gasteiger partial charge in [-0.2, -0.15) is 0 Å². The first-order valence-corrected chi connectivity index (χ1v) is 6.72. The van der Waals surface area contributed by atoms with Crippen molar-refractivity contribution in [3.63, 3.8) is 0 Å². The van der Waals surface area contributed by atoms with Gasteiger partial charge in [0.1, 0.15) is 24.0 Å². The van der Waals surface area contributed by atoms with Crippen LogP contribution in [-0.4, -0.2) is 27.9 Å². The van der Waals surface area contributed by atoms with E-state index in [0.717, 1.165) is 5.56 Å². The number of benzene rings is 1. The van der Waals surface area contributed by atoms with Crippen molar-refractivity contribution in [1.29, 1.82) is 0 Å². The highest BCUT2D eigenvalue weighted by Crippen LogP contribution is 2.23. The van der Waals surface area contributed by atoms with E-state index in [2.05, 4.69) is 10.5 Å². The number of carbonyl (C=O) groups excluding carboxylic acids is 2. The van der Waals surface area contributed by atoms with Gasteiger partial charge in [-0.15, -0.1) is 0 Å². The van der Waals surface area contributed by atoms with Crippen molar-refractivity contribution >= 4 is 11.8 Å². The van der Waals surface area contributed by atoms with Crippen LogP contribution < -0.4 is 5.32 Å². The number of aromatic nitrogens is 1. The highest BCUT2D eigenvalue weighted by molar-refractivity contribution is 5.97. The molecule has 0 bridgehead atoms. The fourth-order valence-corrected chi connectivity index (χ4v) is 2.40. The number of nitrogens with zero attached hydrogens (tertiary/aromatic N) is 2. The summed E-state index contributed by atoms with van der Waals surface area (Å²) in [6.45, 7) is 1.96. The quantitative estimate of drug-likeness (QED) is 0.921. The van der Waals surface area contributed by atoms with Crippen molar-refractivity contribution in [2.24, 2.45) is 0 Å². The number of amides is 2. The Morgan fingerprint density at radius 1 is 1.24 bits per heavy atom. The van der Waals surface area contributed by atoms with Crippen molar-refractivity contribution in [3.8, 4) is 0 Å². The standard InChI is InChI=1S/C15H15N3O3/c1-10-14(19)16-13(11-5-3-2-4-6-11)15(20)18(10)9-12-7-8-21-17-12/h2-8,10,13H,9H2,1H3,(H,16,19). The summed E-state index contributed by atoms with van der Waals surface area (Å²) in [5.41, 5.74) is 1.39. The fourth-order valence-electron chi connectivity index (χ4n) is 2.40. The maximum atomic E-state index is 12.7. The predicted molar refractivity (Wildman–Crippen MR) is 73.8 cm³/mol. The Balaban J connectivity index is 1.88. The first-order valence-electron chi connectivity index (χ1n) is 6.72. The highest BCUT2D eigenvalue weighted by atomic mass is 16.5. The Morgan fingerprint density at radius 3 is 2.67 bits per heavy atom. The van der Waals surface area contributed by atoms with E-state index in [1.165, 1.54) is 11.2 Å². The summed E-state index contributed by atoms with van der Waals surface area (Å²) in [6.07, 6.45) is 1.45. The van der Waals surface area contributed by atoms with E-state index in [1.54, 1.807) is 13.0 Å². The lowest BCUT2D eigenvalue weighted by Gasteiger charge is -2.37. The molecule has 0 radical (unpaired) electrons. The maximum Gasteiger partial charge on any atom is 0.250 e. The number of rotatable bonds is 3. The van der Waals surface area contributed by atoms with E-state index in [1.807, 2.05) is 30.3 Å². The molecule has 1 aliphatic rings. The van der Waals surface area contributed by atoms with Crippen molar-refractivity contribution in [2.45, 2.75) is 25.6 Å². The predicted octanol–water partition coefficient (Wildman–Crippen LogP) is 1.26. The molecule has 1 aliphatic heterocycles. The van der Waals surface area contributed by atoms with Crippen LogP contribution in [0.3, 0.4) is 0 Å². The third-order valence-electron chi connectivity index (χ3n) is 3.62. The van der Waals surface area contributed by atoms with Gasteiger partial charge in [-0.3, -0.25) is 9.59 Å². The Bertz CT molecular complexity index is 639. The Morgan fingerprint density at radius 2 is 2.00 bits per heavy atom. The van der Waals surface area contributed by atoms with Gasteiger partial charge in [0.25, 0.3) is 5.91 Å². The molecule has 21 heavy (non-hydrogen) atoms. The van der Waals surface area contributed by atoms with Gasteiger partial charge in [0.15, 0.2) is 0 Å². The third-order valence-corrected chi connectivity index (χ3v) is 3.62. The summed E-state index contributed by atoms with van der Waals surface area (Å²) in [6, 6.07) is 9.71. The summed E-state index contributed by atoms with van der Waals surface area (Å²) in [5, 5.41) is 6.57. The Kier molecular flexibility index (Phi) is 3.43. The van der Waals surface area contributed by atoms with Crippen LogP contribution in [0, 0.1) is 0 Å². The SMILES string of the molecule is CC1C(=O)NC(c2ccccc2)C(=O)N1Cc1ccon1. The lowest BCUT2D eigenvalue weighted by atomic mass is 10.0. The minimum atomic E-state index is -0.651. The lowest BCUT2D eigenvalue weighted by Crippen LogP contribution is -2.58. The summed E-state index contributed by atoms with van der Waals surface area (Å²) < 4.78 is 4.78. The van der Waals surface area contributed by atoms with Gasteiger partial charge in [-0.25, -0.2) is 0 Å². The minimum absolute atomic E-state index is 0.142. The van der Waals surface area contributed by atoms with Crippen LogP contribution in [-0.2, 0) is 16.1 Å². The summed E-state index contributed by atoms with van der Waals surface area (Å²) >= 11 is 0. The van der Waals surface area contributed by atoms with Crippen molar-refractivity contribution < 1.29 is 14.1 Å². The van der Waals surface area contributed by atoms with Gasteiger partial charge in [-0.1, -0.05) is 35.5 Å². The molecule has 2 heterocycles. The van der Waals surface area contributed by atoms with Crippen LogP contribution in [0.5, 0.6) is 0 Å². The average Bonchev–Trinajstić information content (AvgIpc) is 3.01. The zero-order valence-corrected chi connectivity index (χ0v) is 11.5. The van der Waals surface area contributed by atoms with E-state index in [0.29, 0.717) is 5.69 Å². The zero-order valence-electron chi connectivity index (χ0n) is 11.5. The molecule has 108 valence electrons. The normalized spacial score (nSPS) is 22.2. The number of carbonyl (C=O) groups is 2. The van der Waals surface area contributed by atoms with Gasteiger partial charge >= 0.3 is 0 Å². The minimum Gasteiger partial charge on any atom is -0.364 e. The molecule has 3 rings (SSSR count). The van der Waals surface area contributed by atoms with Crippen LogP contribution in [0.4, 0.5) is 0 Å². The molecule has 2 atom stereocenters. The van der Waals surface area contributed by atoms with Crippen molar-refractivity contribution in [1.82, 2.24) is 15.4 Å². The molecule has 2 unspecified atom stereocenters. The molecule has 0 aliphatic carbocycles. The fraction of sp³-hybridized carbons (Fsp3) is 0.267. The van der Waals surface area contributed by atoms with E-state index in [9.17, 15) is 9.59 Å². The third kappa shape index (κ3) is 2.52. The van der Waals surface area contributed by atoms with Gasteiger partial charge < -0.3 is 14.7 Å². The molecule has 6 nitrogen and oxygen atoms in total. The number of hydrogen-bond donors (Lipinski definition) is 1. The van der Waals surface area contributed by atoms with E-state index in [4.69, 9.17) is 4.52 Å². The van der Waals surface area contributed by atoms with Gasteiger partial charge in [0.05, 0.1) is 6.54 Å². The molecular formula is C15H15N3O3. The molecule has 1 N–H and O–H groups in total. The molecule has 1 saturated heterocycles. The first kappa shape index (κ1) is 13.4. The molecule has 1 fully saturated rings. The second kappa shape index (κ2) is 5.40. The topological polar surface area (TPSA) is 75.4 Å². The second-order valence-electron chi connectivity index (χ2n) is 4.99. The van der Waals surface area contributed by atoms with Crippen molar-refractivity contribution in [3.05, 3.63) is 53.9 Å². The summed E-state index contributed by atoms with van der Waals surface area (Å²) in [7, 11) is 0. The molecule has 2 amide bonds. The van der Waals surface area contributed by atoms with Crippen LogP contribution in [0.1, 0.15) is 24.2 Å². The number of piperazine rings is 1. The van der Waals surface area contributed by atoms with Crippen LogP contribution in [0.25, 0.3) is 0 Å². The highest BCUT2D eigenvalue weighted by Gasteiger charge is 2.38. The molecule has 1 aromatic heterocycles. The molecule has 0 spiro atoms. The molecule has 1 aromatic carbocycles.